The molecule has 1 rings (SSSR count). The molecule has 0 saturated heterocycles. The van der Waals surface area contributed by atoms with Gasteiger partial charge in [-0.2, -0.15) is 11.8 Å². The second-order valence-corrected chi connectivity index (χ2v) is 6.83. The minimum Gasteiger partial charge on any atom is -0.356 e. The lowest BCUT2D eigenvalue weighted by molar-refractivity contribution is -0.120. The number of thiazole rings is 1. The molecule has 1 amide bonds. The molecule has 0 atom stereocenters. The average Bonchev–Trinajstić information content (AvgIpc) is 2.65. The number of nitrogens with one attached hydrogen (secondary N) is 1. The molecule has 102 valence electrons. The molecule has 0 saturated carbocycles. The molecule has 1 heterocycles. The van der Waals surface area contributed by atoms with Crippen molar-refractivity contribution in [3.8, 4) is 0 Å². The van der Waals surface area contributed by atoms with Crippen LogP contribution in [0.25, 0.3) is 0 Å². The Kier molecular flexibility index (Phi) is 7.35. The first-order valence-electron chi connectivity index (χ1n) is 6.40. The van der Waals surface area contributed by atoms with Crippen LogP contribution in [-0.4, -0.2) is 28.9 Å². The van der Waals surface area contributed by atoms with E-state index in [2.05, 4.69) is 24.1 Å². The minimum atomic E-state index is 0.169. The topological polar surface area (TPSA) is 42.0 Å². The summed E-state index contributed by atoms with van der Waals surface area (Å²) in [7, 11) is 0. The standard InChI is InChI=1S/C13H22N2OS2/c1-4-17-9-7-12(16)14-8-5-6-13-15-10(2)11(3)18-13/h4-9H2,1-3H3,(H,14,16). The third kappa shape index (κ3) is 5.87. The Balaban J connectivity index is 2.09. The molecule has 3 nitrogen and oxygen atoms in total. The Morgan fingerprint density at radius 1 is 1.44 bits per heavy atom. The van der Waals surface area contributed by atoms with Gasteiger partial charge in [-0.15, -0.1) is 11.3 Å². The maximum atomic E-state index is 11.4. The molecular formula is C13H22N2OS2. The molecule has 0 fully saturated rings. The lowest BCUT2D eigenvalue weighted by Crippen LogP contribution is -2.25. The predicted octanol–water partition coefficient (Wildman–Crippen LogP) is 2.95. The number of rotatable bonds is 8. The normalized spacial score (nSPS) is 10.6. The van der Waals surface area contributed by atoms with Crippen molar-refractivity contribution in [3.63, 3.8) is 0 Å². The SMILES string of the molecule is CCSCCC(=O)NCCCc1nc(C)c(C)s1. The molecule has 0 aromatic carbocycles. The maximum absolute atomic E-state index is 11.4. The van der Waals surface area contributed by atoms with E-state index in [1.165, 1.54) is 9.88 Å². The van der Waals surface area contributed by atoms with Gasteiger partial charge in [0, 0.05) is 30.0 Å². The Labute approximate surface area is 118 Å². The van der Waals surface area contributed by atoms with Crippen molar-refractivity contribution in [2.75, 3.05) is 18.1 Å². The van der Waals surface area contributed by atoms with Gasteiger partial charge in [0.1, 0.15) is 0 Å². The highest BCUT2D eigenvalue weighted by atomic mass is 32.2. The summed E-state index contributed by atoms with van der Waals surface area (Å²) in [5, 5.41) is 4.14. The molecule has 1 aromatic rings. The van der Waals surface area contributed by atoms with Crippen LogP contribution in [0.5, 0.6) is 0 Å². The fraction of sp³-hybridized carbons (Fsp3) is 0.692. The van der Waals surface area contributed by atoms with Crippen LogP contribution in [0.4, 0.5) is 0 Å². The van der Waals surface area contributed by atoms with Crippen LogP contribution in [0.1, 0.15) is 35.3 Å². The van der Waals surface area contributed by atoms with Gasteiger partial charge >= 0.3 is 0 Å². The van der Waals surface area contributed by atoms with Gasteiger partial charge in [0.15, 0.2) is 0 Å². The highest BCUT2D eigenvalue weighted by Crippen LogP contribution is 2.17. The summed E-state index contributed by atoms with van der Waals surface area (Å²) in [4.78, 5) is 17.2. The van der Waals surface area contributed by atoms with Gasteiger partial charge < -0.3 is 5.32 Å². The van der Waals surface area contributed by atoms with Gasteiger partial charge in [0.25, 0.3) is 0 Å². The summed E-state index contributed by atoms with van der Waals surface area (Å²) in [6.07, 6.45) is 2.57. The summed E-state index contributed by atoms with van der Waals surface area (Å²) in [6.45, 7) is 7.01. The van der Waals surface area contributed by atoms with Gasteiger partial charge in [-0.05, 0) is 26.0 Å². The average molecular weight is 286 g/mol. The number of amides is 1. The molecule has 0 aliphatic carbocycles. The molecule has 0 unspecified atom stereocenters. The van der Waals surface area contributed by atoms with E-state index in [-0.39, 0.29) is 5.91 Å². The van der Waals surface area contributed by atoms with Gasteiger partial charge in [0.05, 0.1) is 10.7 Å². The summed E-state index contributed by atoms with van der Waals surface area (Å²) >= 11 is 3.57. The van der Waals surface area contributed by atoms with Crippen molar-refractivity contribution < 1.29 is 4.79 Å². The molecule has 0 bridgehead atoms. The van der Waals surface area contributed by atoms with E-state index in [0.717, 1.165) is 36.6 Å². The van der Waals surface area contributed by atoms with Crippen LogP contribution in [0.2, 0.25) is 0 Å². The Morgan fingerprint density at radius 3 is 2.83 bits per heavy atom. The highest BCUT2D eigenvalue weighted by molar-refractivity contribution is 7.99. The molecule has 0 spiro atoms. The Morgan fingerprint density at radius 2 is 2.22 bits per heavy atom. The maximum Gasteiger partial charge on any atom is 0.220 e. The van der Waals surface area contributed by atoms with E-state index >= 15 is 0 Å². The molecule has 1 aromatic heterocycles. The first-order valence-corrected chi connectivity index (χ1v) is 8.38. The molecular weight excluding hydrogens is 264 g/mol. The number of aryl methyl sites for hydroxylation is 3. The van der Waals surface area contributed by atoms with Crippen molar-refractivity contribution in [1.82, 2.24) is 10.3 Å². The van der Waals surface area contributed by atoms with Gasteiger partial charge in [-0.25, -0.2) is 4.98 Å². The molecule has 0 aliphatic rings. The first kappa shape index (κ1) is 15.5. The minimum absolute atomic E-state index is 0.169. The second-order valence-electron chi connectivity index (χ2n) is 4.15. The van der Waals surface area contributed by atoms with E-state index in [1.807, 2.05) is 18.7 Å². The summed E-state index contributed by atoms with van der Waals surface area (Å²) in [6, 6.07) is 0. The third-order valence-corrected chi connectivity index (χ3v) is 4.67. The Hall–Kier alpha value is -0.550. The van der Waals surface area contributed by atoms with Crippen LogP contribution in [-0.2, 0) is 11.2 Å². The number of carbonyl (C=O) groups excluding carboxylic acids is 1. The zero-order chi connectivity index (χ0) is 13.4. The second kappa shape index (κ2) is 8.53. The number of thioether (sulfide) groups is 1. The van der Waals surface area contributed by atoms with Crippen molar-refractivity contribution in [1.29, 1.82) is 0 Å². The molecule has 5 heteroatoms. The van der Waals surface area contributed by atoms with Gasteiger partial charge in [0.2, 0.25) is 5.91 Å². The van der Waals surface area contributed by atoms with Crippen LogP contribution >= 0.6 is 23.1 Å². The lowest BCUT2D eigenvalue weighted by atomic mass is 10.3. The monoisotopic (exact) mass is 286 g/mol. The predicted molar refractivity (Wildman–Crippen MR) is 80.5 cm³/mol. The quantitative estimate of drug-likeness (QED) is 0.747. The van der Waals surface area contributed by atoms with E-state index in [4.69, 9.17) is 0 Å². The fourth-order valence-electron chi connectivity index (χ4n) is 1.51. The summed E-state index contributed by atoms with van der Waals surface area (Å²) < 4.78 is 0. The highest BCUT2D eigenvalue weighted by Gasteiger charge is 2.04. The van der Waals surface area contributed by atoms with Crippen LogP contribution < -0.4 is 5.32 Å². The third-order valence-electron chi connectivity index (χ3n) is 2.64. The number of nitrogens with zero attached hydrogens (tertiary/aromatic N) is 1. The first-order chi connectivity index (χ1) is 8.63. The van der Waals surface area contributed by atoms with Crippen LogP contribution in [0.3, 0.4) is 0 Å². The van der Waals surface area contributed by atoms with Gasteiger partial charge in [-0.3, -0.25) is 4.79 Å². The zero-order valence-corrected chi connectivity index (χ0v) is 13.0. The number of carbonyl (C=O) groups is 1. The van der Waals surface area contributed by atoms with Crippen LogP contribution in [0.15, 0.2) is 0 Å². The van der Waals surface area contributed by atoms with E-state index in [1.54, 1.807) is 11.3 Å². The Bertz CT molecular complexity index is 358. The molecule has 1 N–H and O–H groups in total. The van der Waals surface area contributed by atoms with E-state index in [0.29, 0.717) is 6.42 Å². The molecule has 0 radical (unpaired) electrons. The number of hydrogen-bond acceptors (Lipinski definition) is 4. The van der Waals surface area contributed by atoms with E-state index < -0.39 is 0 Å². The molecule has 18 heavy (non-hydrogen) atoms. The summed E-state index contributed by atoms with van der Waals surface area (Å²) in [5.74, 6) is 2.17. The van der Waals surface area contributed by atoms with Crippen molar-refractivity contribution in [2.24, 2.45) is 0 Å². The van der Waals surface area contributed by atoms with Crippen molar-refractivity contribution >= 4 is 29.0 Å². The number of hydrogen-bond donors (Lipinski definition) is 1. The largest absolute Gasteiger partial charge is 0.356 e. The fourth-order valence-corrected chi connectivity index (χ4v) is 3.11. The number of aromatic nitrogens is 1. The van der Waals surface area contributed by atoms with Crippen molar-refractivity contribution in [3.05, 3.63) is 15.6 Å². The van der Waals surface area contributed by atoms with Crippen molar-refractivity contribution in [2.45, 2.75) is 40.0 Å². The smallest absolute Gasteiger partial charge is 0.220 e. The van der Waals surface area contributed by atoms with Crippen LogP contribution in [0, 0.1) is 13.8 Å². The molecule has 0 aliphatic heterocycles. The van der Waals surface area contributed by atoms with E-state index in [9.17, 15) is 4.79 Å². The summed E-state index contributed by atoms with van der Waals surface area (Å²) in [5.41, 5.74) is 1.13. The zero-order valence-electron chi connectivity index (χ0n) is 11.4. The lowest BCUT2D eigenvalue weighted by Gasteiger charge is -2.03. The van der Waals surface area contributed by atoms with Gasteiger partial charge in [-0.1, -0.05) is 6.92 Å².